The lowest BCUT2D eigenvalue weighted by molar-refractivity contribution is -0.385. The van der Waals surface area contributed by atoms with Crippen molar-refractivity contribution in [2.45, 2.75) is 57.4 Å². The molecule has 0 spiro atoms. The van der Waals surface area contributed by atoms with Crippen LogP contribution in [0.25, 0.3) is 5.69 Å². The summed E-state index contributed by atoms with van der Waals surface area (Å²) in [5, 5.41) is 19.0. The summed E-state index contributed by atoms with van der Waals surface area (Å²) in [5.74, 6) is -0.259. The zero-order valence-corrected chi connectivity index (χ0v) is 22.2. The summed E-state index contributed by atoms with van der Waals surface area (Å²) >= 11 is 0. The van der Waals surface area contributed by atoms with Crippen molar-refractivity contribution in [3.8, 4) is 17.3 Å². The van der Waals surface area contributed by atoms with Gasteiger partial charge in [0.15, 0.2) is 5.69 Å². The molecule has 0 unspecified atom stereocenters. The van der Waals surface area contributed by atoms with Gasteiger partial charge >= 0.3 is 0 Å². The van der Waals surface area contributed by atoms with Crippen molar-refractivity contribution in [3.63, 3.8) is 0 Å². The second kappa shape index (κ2) is 9.84. The predicted molar refractivity (Wildman–Crippen MR) is 139 cm³/mol. The zero-order valence-electron chi connectivity index (χ0n) is 21.4. The number of nitrogens with zero attached hydrogens (tertiary/aromatic N) is 4. The summed E-state index contributed by atoms with van der Waals surface area (Å²) in [5.41, 5.74) is 2.72. The Morgan fingerprint density at radius 2 is 1.82 bits per heavy atom. The molecule has 200 valence electrons. The minimum absolute atomic E-state index is 0.0776. The maximum absolute atomic E-state index is 13.5. The summed E-state index contributed by atoms with van der Waals surface area (Å²) in [7, 11) is -4.07. The molecule has 0 radical (unpaired) electrons. The van der Waals surface area contributed by atoms with Crippen molar-refractivity contribution < 1.29 is 22.9 Å². The van der Waals surface area contributed by atoms with Gasteiger partial charge in [0.2, 0.25) is 15.9 Å². The molecule has 1 aromatic heterocycles. The molecule has 5 rings (SSSR count). The van der Waals surface area contributed by atoms with Crippen LogP contribution < -0.4 is 10.1 Å². The quantitative estimate of drug-likeness (QED) is 0.335. The lowest BCUT2D eigenvalue weighted by atomic mass is 10.1. The van der Waals surface area contributed by atoms with Crippen LogP contribution in [0.4, 0.5) is 5.69 Å². The molecule has 1 amide bonds. The van der Waals surface area contributed by atoms with E-state index in [9.17, 15) is 23.3 Å². The topological polar surface area (TPSA) is 137 Å². The van der Waals surface area contributed by atoms with Crippen LogP contribution in [0.5, 0.6) is 11.6 Å². The Balaban J connectivity index is 1.66. The first kappa shape index (κ1) is 25.9. The highest BCUT2D eigenvalue weighted by atomic mass is 32.2. The molecule has 1 N–H and O–H groups in total. The molecular weight excluding hydrogens is 510 g/mol. The molecule has 2 heterocycles. The van der Waals surface area contributed by atoms with Crippen molar-refractivity contribution in [2.75, 3.05) is 13.1 Å². The molecule has 1 saturated carbocycles. The van der Waals surface area contributed by atoms with Gasteiger partial charge < -0.3 is 10.1 Å². The van der Waals surface area contributed by atoms with Gasteiger partial charge in [-0.05, 0) is 69.7 Å². The highest BCUT2D eigenvalue weighted by Gasteiger charge is 2.34. The molecule has 1 aliphatic carbocycles. The number of aryl methyl sites for hydroxylation is 2. The fourth-order valence-corrected chi connectivity index (χ4v) is 6.13. The largest absolute Gasteiger partial charge is 0.437 e. The lowest BCUT2D eigenvalue weighted by Gasteiger charge is -2.19. The first-order valence-corrected chi connectivity index (χ1v) is 13.9. The van der Waals surface area contributed by atoms with E-state index >= 15 is 0 Å². The van der Waals surface area contributed by atoms with Gasteiger partial charge in [0.05, 0.1) is 10.6 Å². The Morgan fingerprint density at radius 1 is 1.11 bits per heavy atom. The van der Waals surface area contributed by atoms with Crippen molar-refractivity contribution in [1.29, 1.82) is 0 Å². The molecule has 38 heavy (non-hydrogen) atoms. The number of benzene rings is 2. The van der Waals surface area contributed by atoms with E-state index in [2.05, 4.69) is 10.4 Å². The van der Waals surface area contributed by atoms with Gasteiger partial charge in [0.1, 0.15) is 10.6 Å². The Kier molecular flexibility index (Phi) is 6.70. The highest BCUT2D eigenvalue weighted by molar-refractivity contribution is 7.89. The summed E-state index contributed by atoms with van der Waals surface area (Å²) in [6, 6.07) is 9.40. The SMILES string of the molecule is Cc1ccc(C)c(-n2nc(C(=O)NC3CC3)c(C)c2Oc2ccc([N+](=O)[O-])cc2S(=O)(=O)N2CCCC2)c1. The van der Waals surface area contributed by atoms with Crippen LogP contribution in [-0.4, -0.2) is 52.5 Å². The van der Waals surface area contributed by atoms with Crippen LogP contribution in [0.15, 0.2) is 41.3 Å². The van der Waals surface area contributed by atoms with Gasteiger partial charge in [0, 0.05) is 36.8 Å². The van der Waals surface area contributed by atoms with Crippen molar-refractivity contribution >= 4 is 21.6 Å². The third kappa shape index (κ3) is 4.88. The number of non-ortho nitro benzene ring substituents is 1. The number of rotatable bonds is 8. The number of hydrogen-bond donors (Lipinski definition) is 1. The van der Waals surface area contributed by atoms with E-state index in [1.807, 2.05) is 32.0 Å². The van der Waals surface area contributed by atoms with Gasteiger partial charge in [-0.3, -0.25) is 14.9 Å². The maximum Gasteiger partial charge on any atom is 0.272 e. The lowest BCUT2D eigenvalue weighted by Crippen LogP contribution is -2.28. The second-order valence-corrected chi connectivity index (χ2v) is 11.7. The zero-order chi connectivity index (χ0) is 27.2. The molecule has 2 aliphatic rings. The summed E-state index contributed by atoms with van der Waals surface area (Å²) in [6.45, 7) is 6.17. The van der Waals surface area contributed by atoms with E-state index in [1.54, 1.807) is 6.92 Å². The fourth-order valence-electron chi connectivity index (χ4n) is 4.48. The van der Waals surface area contributed by atoms with Crippen LogP contribution in [0, 0.1) is 30.9 Å². The molecule has 1 aliphatic heterocycles. The number of carbonyl (C=O) groups is 1. The smallest absolute Gasteiger partial charge is 0.272 e. The standard InChI is InChI=1S/C26H29N5O6S/c1-16-6-7-17(2)21(14-16)30-26(18(3)24(28-30)25(32)27-19-8-9-19)37-22-11-10-20(31(33)34)15-23(22)38(35,36)29-12-4-5-13-29/h6-7,10-11,14-15,19H,4-5,8-9,12-13H2,1-3H3,(H,27,32). The van der Waals surface area contributed by atoms with Gasteiger partial charge in [-0.15, -0.1) is 0 Å². The Morgan fingerprint density at radius 3 is 2.47 bits per heavy atom. The fraction of sp³-hybridized carbons (Fsp3) is 0.385. The Labute approximate surface area is 220 Å². The molecule has 2 fully saturated rings. The van der Waals surface area contributed by atoms with E-state index in [0.29, 0.717) is 37.2 Å². The molecular formula is C26H29N5O6S. The highest BCUT2D eigenvalue weighted by Crippen LogP contribution is 2.38. The summed E-state index contributed by atoms with van der Waals surface area (Å²) < 4.78 is 36.1. The molecule has 2 aromatic carbocycles. The Bertz CT molecular complexity index is 1540. The number of sulfonamides is 1. The average Bonchev–Trinajstić information content (AvgIpc) is 3.38. The number of nitro groups is 1. The van der Waals surface area contributed by atoms with Gasteiger partial charge in [-0.1, -0.05) is 12.1 Å². The normalized spacial score (nSPS) is 16.0. The number of hydrogen-bond acceptors (Lipinski definition) is 7. The van der Waals surface area contributed by atoms with Crippen molar-refractivity contribution in [3.05, 3.63) is 68.9 Å². The predicted octanol–water partition coefficient (Wildman–Crippen LogP) is 4.17. The molecule has 1 saturated heterocycles. The minimum Gasteiger partial charge on any atom is -0.437 e. The van der Waals surface area contributed by atoms with Crippen LogP contribution in [-0.2, 0) is 10.0 Å². The van der Waals surface area contributed by atoms with E-state index in [0.717, 1.165) is 30.0 Å². The number of nitrogens with one attached hydrogen (secondary N) is 1. The first-order valence-electron chi connectivity index (χ1n) is 12.5. The summed E-state index contributed by atoms with van der Waals surface area (Å²) in [4.78, 5) is 23.6. The van der Waals surface area contributed by atoms with Crippen molar-refractivity contribution in [1.82, 2.24) is 19.4 Å². The molecule has 3 aromatic rings. The van der Waals surface area contributed by atoms with E-state index in [1.165, 1.54) is 21.1 Å². The summed E-state index contributed by atoms with van der Waals surface area (Å²) in [6.07, 6.45) is 3.24. The molecule has 0 atom stereocenters. The van der Waals surface area contributed by atoms with E-state index in [4.69, 9.17) is 4.74 Å². The molecule has 12 heteroatoms. The first-order chi connectivity index (χ1) is 18.1. The van der Waals surface area contributed by atoms with Gasteiger partial charge in [-0.2, -0.15) is 14.1 Å². The maximum atomic E-state index is 13.5. The third-order valence-electron chi connectivity index (χ3n) is 6.82. The van der Waals surface area contributed by atoms with Gasteiger partial charge in [-0.25, -0.2) is 8.42 Å². The van der Waals surface area contributed by atoms with Crippen LogP contribution in [0.2, 0.25) is 0 Å². The second-order valence-electron chi connectivity index (χ2n) is 9.83. The number of nitro benzene ring substituents is 1. The number of ether oxygens (including phenoxy) is 1. The van der Waals surface area contributed by atoms with Crippen LogP contribution in [0.1, 0.15) is 52.9 Å². The van der Waals surface area contributed by atoms with Crippen LogP contribution in [0.3, 0.4) is 0 Å². The average molecular weight is 540 g/mol. The minimum atomic E-state index is -4.07. The van der Waals surface area contributed by atoms with Gasteiger partial charge in [0.25, 0.3) is 11.6 Å². The molecule has 11 nitrogen and oxygen atoms in total. The van der Waals surface area contributed by atoms with E-state index in [-0.39, 0.29) is 39.9 Å². The van der Waals surface area contributed by atoms with E-state index < -0.39 is 14.9 Å². The van der Waals surface area contributed by atoms with Crippen LogP contribution >= 0.6 is 0 Å². The number of carbonyl (C=O) groups excluding carboxylic acids is 1. The molecule has 0 bridgehead atoms. The number of aromatic nitrogens is 2. The number of amides is 1. The third-order valence-corrected chi connectivity index (χ3v) is 8.74. The Hall–Kier alpha value is -3.77. The monoisotopic (exact) mass is 539 g/mol. The van der Waals surface area contributed by atoms with Crippen molar-refractivity contribution in [2.24, 2.45) is 0 Å².